The van der Waals surface area contributed by atoms with Crippen LogP contribution in [0.3, 0.4) is 0 Å². The van der Waals surface area contributed by atoms with E-state index in [4.69, 9.17) is 16.3 Å². The van der Waals surface area contributed by atoms with Crippen LogP contribution in [0.15, 0.2) is 12.4 Å². The summed E-state index contributed by atoms with van der Waals surface area (Å²) in [6.07, 6.45) is 2.54. The maximum Gasteiger partial charge on any atom is 0.129 e. The largest absolute Gasteiger partial charge is 0.380 e. The van der Waals surface area contributed by atoms with Gasteiger partial charge >= 0.3 is 0 Å². The van der Waals surface area contributed by atoms with E-state index < -0.39 is 0 Å². The average molecular weight is 258 g/mol. The topological polar surface area (TPSA) is 47.0 Å². The number of anilines is 1. The lowest BCUT2D eigenvalue weighted by Gasteiger charge is -2.08. The summed E-state index contributed by atoms with van der Waals surface area (Å²) in [4.78, 5) is 8.39. The molecule has 0 amide bonds. The van der Waals surface area contributed by atoms with Crippen molar-refractivity contribution in [2.75, 3.05) is 31.0 Å². The van der Waals surface area contributed by atoms with Crippen molar-refractivity contribution in [1.29, 1.82) is 0 Å². The molecule has 0 atom stereocenters. The van der Waals surface area contributed by atoms with Crippen LogP contribution in [0.1, 0.15) is 31.9 Å². The lowest BCUT2D eigenvalue weighted by Crippen LogP contribution is -2.08. The number of rotatable bonds is 8. The van der Waals surface area contributed by atoms with E-state index >= 15 is 0 Å². The Morgan fingerprint density at radius 2 is 2.18 bits per heavy atom. The van der Waals surface area contributed by atoms with Gasteiger partial charge < -0.3 is 10.1 Å². The number of nitrogens with one attached hydrogen (secondary N) is 1. The molecule has 1 aromatic rings. The minimum atomic E-state index is 0.422. The van der Waals surface area contributed by atoms with E-state index in [2.05, 4.69) is 29.1 Å². The van der Waals surface area contributed by atoms with Crippen molar-refractivity contribution in [2.45, 2.75) is 26.2 Å². The number of ether oxygens (including phenoxy) is 1. The van der Waals surface area contributed by atoms with Crippen LogP contribution in [0.4, 0.5) is 5.82 Å². The zero-order valence-electron chi connectivity index (χ0n) is 10.4. The summed E-state index contributed by atoms with van der Waals surface area (Å²) in [6.45, 7) is 6.42. The molecule has 1 aromatic heterocycles. The molecule has 4 nitrogen and oxygen atoms in total. The number of hydrogen-bond donors (Lipinski definition) is 1. The summed E-state index contributed by atoms with van der Waals surface area (Å²) in [5.41, 5.74) is 1.06. The van der Waals surface area contributed by atoms with Gasteiger partial charge in [0.05, 0.1) is 6.61 Å². The zero-order valence-corrected chi connectivity index (χ0v) is 11.2. The Bertz CT molecular complexity index is 320. The summed E-state index contributed by atoms with van der Waals surface area (Å²) in [5, 5.41) is 3.25. The Labute approximate surface area is 108 Å². The highest BCUT2D eigenvalue weighted by molar-refractivity contribution is 6.17. The Morgan fingerprint density at radius 3 is 2.88 bits per heavy atom. The van der Waals surface area contributed by atoms with Gasteiger partial charge in [-0.15, -0.1) is 11.6 Å². The molecule has 0 unspecified atom stereocenters. The predicted octanol–water partition coefficient (Wildman–Crippen LogP) is 2.66. The molecule has 0 saturated heterocycles. The van der Waals surface area contributed by atoms with Crippen LogP contribution in [0.2, 0.25) is 0 Å². The molecule has 0 aliphatic carbocycles. The number of alkyl halides is 1. The smallest absolute Gasteiger partial charge is 0.129 e. The molecule has 0 aromatic carbocycles. The van der Waals surface area contributed by atoms with Crippen LogP contribution in [-0.4, -0.2) is 35.6 Å². The van der Waals surface area contributed by atoms with Crippen molar-refractivity contribution in [3.63, 3.8) is 0 Å². The fraction of sp³-hybridized carbons (Fsp3) is 0.667. The van der Waals surface area contributed by atoms with Gasteiger partial charge in [-0.05, 0) is 12.3 Å². The number of hydrogen-bond acceptors (Lipinski definition) is 4. The van der Waals surface area contributed by atoms with Crippen LogP contribution >= 0.6 is 11.6 Å². The molecule has 0 aliphatic rings. The third kappa shape index (κ3) is 5.84. The van der Waals surface area contributed by atoms with Gasteiger partial charge in [-0.25, -0.2) is 9.97 Å². The summed E-state index contributed by atoms with van der Waals surface area (Å²) in [7, 11) is 0. The van der Waals surface area contributed by atoms with Crippen molar-refractivity contribution in [1.82, 2.24) is 9.97 Å². The van der Waals surface area contributed by atoms with Crippen molar-refractivity contribution >= 4 is 17.4 Å². The normalized spacial score (nSPS) is 10.8. The first-order valence-corrected chi connectivity index (χ1v) is 6.47. The molecule has 0 fully saturated rings. The molecule has 0 saturated carbocycles. The Balaban J connectivity index is 2.24. The first-order chi connectivity index (χ1) is 8.24. The predicted molar refractivity (Wildman–Crippen MR) is 70.8 cm³/mol. The van der Waals surface area contributed by atoms with Gasteiger partial charge in [0, 0.05) is 30.8 Å². The quantitative estimate of drug-likeness (QED) is 0.575. The van der Waals surface area contributed by atoms with Gasteiger partial charge in [0.2, 0.25) is 0 Å². The van der Waals surface area contributed by atoms with Crippen molar-refractivity contribution < 1.29 is 4.74 Å². The van der Waals surface area contributed by atoms with Crippen LogP contribution < -0.4 is 5.32 Å². The SMILES string of the molecule is CC(C)c1cc(NCCCOCCCl)ncn1. The van der Waals surface area contributed by atoms with E-state index in [9.17, 15) is 0 Å². The third-order valence-corrected chi connectivity index (χ3v) is 2.43. The molecule has 96 valence electrons. The van der Waals surface area contributed by atoms with E-state index in [0.717, 1.165) is 31.1 Å². The highest BCUT2D eigenvalue weighted by atomic mass is 35.5. The molecule has 0 radical (unpaired) electrons. The van der Waals surface area contributed by atoms with Crippen molar-refractivity contribution in [3.8, 4) is 0 Å². The maximum atomic E-state index is 5.50. The van der Waals surface area contributed by atoms with Crippen LogP contribution in [0, 0.1) is 0 Å². The highest BCUT2D eigenvalue weighted by Crippen LogP contribution is 2.13. The molecule has 0 bridgehead atoms. The molecule has 17 heavy (non-hydrogen) atoms. The van der Waals surface area contributed by atoms with Crippen LogP contribution in [-0.2, 0) is 4.74 Å². The summed E-state index contributed by atoms with van der Waals surface area (Å²) in [5.74, 6) is 1.85. The fourth-order valence-corrected chi connectivity index (χ4v) is 1.44. The summed E-state index contributed by atoms with van der Waals surface area (Å²) in [6, 6.07) is 1.99. The summed E-state index contributed by atoms with van der Waals surface area (Å²) < 4.78 is 5.28. The molecule has 5 heteroatoms. The third-order valence-electron chi connectivity index (χ3n) is 2.27. The number of nitrogens with zero attached hydrogens (tertiary/aromatic N) is 2. The second-order valence-corrected chi connectivity index (χ2v) is 4.44. The minimum absolute atomic E-state index is 0.422. The van der Waals surface area contributed by atoms with E-state index in [0.29, 0.717) is 18.4 Å². The Kier molecular flexibility index (Phi) is 6.89. The Morgan fingerprint density at radius 1 is 1.35 bits per heavy atom. The molecule has 0 aliphatic heterocycles. The van der Waals surface area contributed by atoms with E-state index in [1.54, 1.807) is 6.33 Å². The molecule has 0 spiro atoms. The van der Waals surface area contributed by atoms with Crippen LogP contribution in [0.5, 0.6) is 0 Å². The van der Waals surface area contributed by atoms with Gasteiger partial charge in [-0.2, -0.15) is 0 Å². The zero-order chi connectivity index (χ0) is 12.5. The maximum absolute atomic E-state index is 5.50. The lowest BCUT2D eigenvalue weighted by molar-refractivity contribution is 0.149. The first kappa shape index (κ1) is 14.2. The Hall–Kier alpha value is -0.870. The molecule has 1 rings (SSSR count). The van der Waals surface area contributed by atoms with Gasteiger partial charge in [0.15, 0.2) is 0 Å². The van der Waals surface area contributed by atoms with Gasteiger partial charge in [-0.1, -0.05) is 13.8 Å². The second kappa shape index (κ2) is 8.25. The van der Waals surface area contributed by atoms with Gasteiger partial charge in [-0.3, -0.25) is 0 Å². The lowest BCUT2D eigenvalue weighted by atomic mass is 10.1. The van der Waals surface area contributed by atoms with Crippen LogP contribution in [0.25, 0.3) is 0 Å². The fourth-order valence-electron chi connectivity index (χ4n) is 1.33. The van der Waals surface area contributed by atoms with E-state index in [-0.39, 0.29) is 0 Å². The monoisotopic (exact) mass is 257 g/mol. The molecular formula is C12H20ClN3O. The number of aromatic nitrogens is 2. The molecule has 1 heterocycles. The standard InChI is InChI=1S/C12H20ClN3O/c1-10(2)11-8-12(16-9-15-11)14-5-3-6-17-7-4-13/h8-10H,3-7H2,1-2H3,(H,14,15,16). The highest BCUT2D eigenvalue weighted by Gasteiger charge is 2.02. The van der Waals surface area contributed by atoms with E-state index in [1.165, 1.54) is 0 Å². The van der Waals surface area contributed by atoms with Gasteiger partial charge in [0.25, 0.3) is 0 Å². The molecule has 1 N–H and O–H groups in total. The minimum Gasteiger partial charge on any atom is -0.380 e. The average Bonchev–Trinajstić information content (AvgIpc) is 2.34. The van der Waals surface area contributed by atoms with E-state index in [1.807, 2.05) is 6.07 Å². The molecular weight excluding hydrogens is 238 g/mol. The number of halogens is 1. The summed E-state index contributed by atoms with van der Waals surface area (Å²) >= 11 is 5.50. The second-order valence-electron chi connectivity index (χ2n) is 4.06. The first-order valence-electron chi connectivity index (χ1n) is 5.93. The van der Waals surface area contributed by atoms with Crippen molar-refractivity contribution in [2.24, 2.45) is 0 Å². The van der Waals surface area contributed by atoms with Crippen molar-refractivity contribution in [3.05, 3.63) is 18.1 Å². The van der Waals surface area contributed by atoms with Gasteiger partial charge in [0.1, 0.15) is 12.1 Å².